The van der Waals surface area contributed by atoms with Gasteiger partial charge < -0.3 is 5.32 Å². The van der Waals surface area contributed by atoms with E-state index in [9.17, 15) is 14.9 Å². The number of hydrogen-bond donors (Lipinski definition) is 1. The summed E-state index contributed by atoms with van der Waals surface area (Å²) >= 11 is 6.03. The Labute approximate surface area is 133 Å². The van der Waals surface area contributed by atoms with Gasteiger partial charge in [-0.3, -0.25) is 14.9 Å². The highest BCUT2D eigenvalue weighted by atomic mass is 35.5. The Morgan fingerprint density at radius 2 is 2.00 bits per heavy atom. The molecule has 0 bridgehead atoms. The average Bonchev–Trinajstić information content (AvgIpc) is 2.48. The number of halogens is 1. The summed E-state index contributed by atoms with van der Waals surface area (Å²) in [6, 6.07) is 12.0. The third kappa shape index (κ3) is 4.05. The fraction of sp³-hybridized carbons (Fsp3) is 0.188. The van der Waals surface area contributed by atoms with E-state index in [1.807, 2.05) is 18.2 Å². The van der Waals surface area contributed by atoms with E-state index in [0.29, 0.717) is 11.4 Å². The zero-order valence-electron chi connectivity index (χ0n) is 12.0. The summed E-state index contributed by atoms with van der Waals surface area (Å²) in [5.41, 5.74) is 1.74. The first-order valence-corrected chi connectivity index (χ1v) is 7.13. The van der Waals surface area contributed by atoms with Gasteiger partial charge in [-0.2, -0.15) is 0 Å². The number of aryl methyl sites for hydroxylation is 2. The third-order valence-corrected chi connectivity index (χ3v) is 3.57. The zero-order chi connectivity index (χ0) is 16.1. The zero-order valence-corrected chi connectivity index (χ0v) is 12.8. The summed E-state index contributed by atoms with van der Waals surface area (Å²) < 4.78 is 0. The maximum absolute atomic E-state index is 12.0. The molecule has 0 unspecified atom stereocenters. The highest BCUT2D eigenvalue weighted by Gasteiger charge is 2.16. The number of nitrogens with zero attached hydrogens (tertiary/aromatic N) is 1. The normalized spacial score (nSPS) is 10.3. The van der Waals surface area contributed by atoms with E-state index in [0.717, 1.165) is 11.1 Å². The quantitative estimate of drug-likeness (QED) is 0.665. The molecule has 0 heterocycles. The summed E-state index contributed by atoms with van der Waals surface area (Å²) in [6.45, 7) is 1.76. The minimum absolute atomic E-state index is 0.105. The van der Waals surface area contributed by atoms with Crippen molar-refractivity contribution in [3.63, 3.8) is 0 Å². The maximum Gasteiger partial charge on any atom is 0.293 e. The Balaban J connectivity index is 2.04. The molecule has 2 rings (SSSR count). The second kappa shape index (κ2) is 7.04. The van der Waals surface area contributed by atoms with Gasteiger partial charge in [-0.25, -0.2) is 0 Å². The topological polar surface area (TPSA) is 72.2 Å². The van der Waals surface area contributed by atoms with E-state index in [1.54, 1.807) is 25.1 Å². The molecule has 6 heteroatoms. The maximum atomic E-state index is 12.0. The Morgan fingerprint density at radius 1 is 1.27 bits per heavy atom. The molecule has 1 amide bonds. The molecule has 0 saturated carbocycles. The van der Waals surface area contributed by atoms with Crippen molar-refractivity contribution in [1.82, 2.24) is 0 Å². The molecule has 0 atom stereocenters. The monoisotopic (exact) mass is 318 g/mol. The van der Waals surface area contributed by atoms with Gasteiger partial charge in [0, 0.05) is 17.5 Å². The lowest BCUT2D eigenvalue weighted by molar-refractivity contribution is -0.384. The van der Waals surface area contributed by atoms with Crippen LogP contribution in [0.3, 0.4) is 0 Å². The van der Waals surface area contributed by atoms with Crippen molar-refractivity contribution in [3.8, 4) is 0 Å². The average molecular weight is 319 g/mol. The van der Waals surface area contributed by atoms with Crippen LogP contribution in [0.2, 0.25) is 5.02 Å². The van der Waals surface area contributed by atoms with Gasteiger partial charge in [-0.15, -0.1) is 0 Å². The highest BCUT2D eigenvalue weighted by molar-refractivity contribution is 6.31. The van der Waals surface area contributed by atoms with Gasteiger partial charge in [0.15, 0.2) is 0 Å². The van der Waals surface area contributed by atoms with Crippen molar-refractivity contribution in [2.45, 2.75) is 19.8 Å². The van der Waals surface area contributed by atoms with E-state index in [-0.39, 0.29) is 23.7 Å². The van der Waals surface area contributed by atoms with Crippen LogP contribution in [0.4, 0.5) is 11.4 Å². The molecule has 0 aliphatic carbocycles. The fourth-order valence-electron chi connectivity index (χ4n) is 2.06. The van der Waals surface area contributed by atoms with Crippen LogP contribution in [0, 0.1) is 17.0 Å². The Kier molecular flexibility index (Phi) is 5.12. The van der Waals surface area contributed by atoms with Crippen LogP contribution >= 0.6 is 11.6 Å². The van der Waals surface area contributed by atoms with Crippen LogP contribution in [0.5, 0.6) is 0 Å². The molecule has 2 aromatic carbocycles. The number of carbonyl (C=O) groups excluding carboxylic acids is 1. The number of carbonyl (C=O) groups is 1. The van der Waals surface area contributed by atoms with Crippen molar-refractivity contribution in [2.24, 2.45) is 0 Å². The molecule has 1 N–H and O–H groups in total. The molecule has 0 aliphatic rings. The first-order chi connectivity index (χ1) is 10.5. The molecule has 0 spiro atoms. The lowest BCUT2D eigenvalue weighted by Gasteiger charge is -2.07. The number of rotatable bonds is 5. The SMILES string of the molecule is Cc1ccc(NC(=O)CCc2ccccc2Cl)c([N+](=O)[O-])c1. The van der Waals surface area contributed by atoms with Gasteiger partial charge in [-0.1, -0.05) is 35.9 Å². The Bertz CT molecular complexity index is 716. The van der Waals surface area contributed by atoms with Gasteiger partial charge in [0.05, 0.1) is 4.92 Å². The van der Waals surface area contributed by atoms with Gasteiger partial charge in [0.25, 0.3) is 5.69 Å². The van der Waals surface area contributed by atoms with E-state index >= 15 is 0 Å². The first-order valence-electron chi connectivity index (χ1n) is 6.75. The standard InChI is InChI=1S/C16H15ClN2O3/c1-11-6-8-14(15(10-11)19(21)22)18-16(20)9-7-12-4-2-3-5-13(12)17/h2-6,8,10H,7,9H2,1H3,(H,18,20). The van der Waals surface area contributed by atoms with Crippen molar-refractivity contribution in [3.05, 3.63) is 68.7 Å². The van der Waals surface area contributed by atoms with Crippen molar-refractivity contribution < 1.29 is 9.72 Å². The molecule has 0 saturated heterocycles. The van der Waals surface area contributed by atoms with Gasteiger partial charge in [0.2, 0.25) is 5.91 Å². The molecular formula is C16H15ClN2O3. The molecule has 22 heavy (non-hydrogen) atoms. The summed E-state index contributed by atoms with van der Waals surface area (Å²) in [5, 5.41) is 14.2. The minimum Gasteiger partial charge on any atom is -0.320 e. The van der Waals surface area contributed by atoms with Gasteiger partial charge in [-0.05, 0) is 36.6 Å². The number of benzene rings is 2. The van der Waals surface area contributed by atoms with Crippen LogP contribution in [-0.2, 0) is 11.2 Å². The number of amides is 1. The number of nitro benzene ring substituents is 1. The van der Waals surface area contributed by atoms with Crippen LogP contribution < -0.4 is 5.32 Å². The molecule has 0 fully saturated rings. The smallest absolute Gasteiger partial charge is 0.293 e. The van der Waals surface area contributed by atoms with Crippen LogP contribution in [0.1, 0.15) is 17.5 Å². The molecule has 5 nitrogen and oxygen atoms in total. The van der Waals surface area contributed by atoms with Gasteiger partial charge in [0.1, 0.15) is 5.69 Å². The predicted octanol–water partition coefficient (Wildman–Crippen LogP) is 4.13. The second-order valence-electron chi connectivity index (χ2n) is 4.92. The summed E-state index contributed by atoms with van der Waals surface area (Å²) in [7, 11) is 0. The molecule has 0 aromatic heterocycles. The fourth-order valence-corrected chi connectivity index (χ4v) is 2.29. The largest absolute Gasteiger partial charge is 0.320 e. The second-order valence-corrected chi connectivity index (χ2v) is 5.32. The van der Waals surface area contributed by atoms with E-state index < -0.39 is 4.92 Å². The Morgan fingerprint density at radius 3 is 2.68 bits per heavy atom. The first kappa shape index (κ1) is 16.0. The number of nitro groups is 1. The lowest BCUT2D eigenvalue weighted by atomic mass is 10.1. The summed E-state index contributed by atoms with van der Waals surface area (Å²) in [4.78, 5) is 22.5. The molecule has 2 aromatic rings. The van der Waals surface area contributed by atoms with Crippen molar-refractivity contribution >= 4 is 28.9 Å². The van der Waals surface area contributed by atoms with Crippen LogP contribution in [-0.4, -0.2) is 10.8 Å². The molecule has 0 radical (unpaired) electrons. The molecular weight excluding hydrogens is 304 g/mol. The van der Waals surface area contributed by atoms with Crippen LogP contribution in [0.25, 0.3) is 0 Å². The van der Waals surface area contributed by atoms with E-state index in [2.05, 4.69) is 5.32 Å². The van der Waals surface area contributed by atoms with Crippen molar-refractivity contribution in [2.75, 3.05) is 5.32 Å². The Hall–Kier alpha value is -2.40. The lowest BCUT2D eigenvalue weighted by Crippen LogP contribution is -2.13. The third-order valence-electron chi connectivity index (χ3n) is 3.20. The summed E-state index contributed by atoms with van der Waals surface area (Å²) in [5.74, 6) is -0.285. The van der Waals surface area contributed by atoms with Gasteiger partial charge >= 0.3 is 0 Å². The molecule has 0 aliphatic heterocycles. The highest BCUT2D eigenvalue weighted by Crippen LogP contribution is 2.25. The van der Waals surface area contributed by atoms with E-state index in [1.165, 1.54) is 6.07 Å². The van der Waals surface area contributed by atoms with E-state index in [4.69, 9.17) is 11.6 Å². The van der Waals surface area contributed by atoms with Crippen molar-refractivity contribution in [1.29, 1.82) is 0 Å². The number of nitrogens with one attached hydrogen (secondary N) is 1. The van der Waals surface area contributed by atoms with Crippen LogP contribution in [0.15, 0.2) is 42.5 Å². The number of hydrogen-bond acceptors (Lipinski definition) is 3. The number of anilines is 1. The minimum atomic E-state index is -0.503. The molecule has 114 valence electrons. The predicted molar refractivity (Wildman–Crippen MR) is 86.2 cm³/mol. The summed E-state index contributed by atoms with van der Waals surface area (Å²) in [6.07, 6.45) is 0.680.